The Bertz CT molecular complexity index is 783. The summed E-state index contributed by atoms with van der Waals surface area (Å²) in [5.41, 5.74) is 7.98. The first-order valence-electron chi connectivity index (χ1n) is 9.36. The summed E-state index contributed by atoms with van der Waals surface area (Å²) in [4.78, 5) is 2.24. The monoisotopic (exact) mass is 380 g/mol. The lowest BCUT2D eigenvalue weighted by Crippen LogP contribution is -2.53. The van der Waals surface area contributed by atoms with Crippen LogP contribution in [0.5, 0.6) is 0 Å². The van der Waals surface area contributed by atoms with E-state index < -0.39 is 17.6 Å². The fraction of sp³-hybridized carbons (Fsp3) is 0.632. The summed E-state index contributed by atoms with van der Waals surface area (Å²) in [6, 6.07) is -0.285. The molecule has 0 bridgehead atoms. The highest BCUT2D eigenvalue weighted by Crippen LogP contribution is 2.37. The molecule has 8 heteroatoms. The molecule has 3 aliphatic rings. The molecule has 148 valence electrons. The summed E-state index contributed by atoms with van der Waals surface area (Å²) in [5, 5.41) is 17.5. The third kappa shape index (κ3) is 3.47. The molecule has 27 heavy (non-hydrogen) atoms. The van der Waals surface area contributed by atoms with E-state index in [2.05, 4.69) is 15.1 Å². The Morgan fingerprint density at radius 1 is 1.33 bits per heavy atom. The molecule has 1 aromatic heterocycles. The van der Waals surface area contributed by atoms with Gasteiger partial charge in [0.05, 0.1) is 24.1 Å². The molecule has 4 N–H and O–H groups in total. The van der Waals surface area contributed by atoms with Crippen LogP contribution in [-0.4, -0.2) is 45.0 Å². The Hall–Kier alpha value is -1.61. The maximum absolute atomic E-state index is 14.1. The van der Waals surface area contributed by atoms with Crippen LogP contribution in [0.2, 0.25) is 0 Å². The summed E-state index contributed by atoms with van der Waals surface area (Å²) in [6.45, 7) is 5.19. The number of H-pyrrole nitrogens is 1. The average molecular weight is 380 g/mol. The van der Waals surface area contributed by atoms with Crippen molar-refractivity contribution in [3.05, 3.63) is 40.8 Å². The second-order valence-electron chi connectivity index (χ2n) is 8.32. The molecule has 3 heterocycles. The Kier molecular flexibility index (Phi) is 4.70. The van der Waals surface area contributed by atoms with Crippen molar-refractivity contribution in [2.75, 3.05) is 6.61 Å². The largest absolute Gasteiger partial charge is 0.384 e. The van der Waals surface area contributed by atoms with Gasteiger partial charge in [0.1, 0.15) is 17.3 Å². The summed E-state index contributed by atoms with van der Waals surface area (Å²) in [5.74, 6) is -1.36. The number of hydrogen-bond acceptors (Lipinski definition) is 5. The van der Waals surface area contributed by atoms with E-state index in [1.165, 1.54) is 6.08 Å². The molecule has 0 spiro atoms. The van der Waals surface area contributed by atoms with Crippen LogP contribution in [0.1, 0.15) is 43.6 Å². The molecular formula is C19H26F2N4O2. The lowest BCUT2D eigenvalue weighted by molar-refractivity contribution is -0.0730. The molecule has 1 aromatic rings. The van der Waals surface area contributed by atoms with Crippen LogP contribution in [0.25, 0.3) is 0 Å². The standard InChI is InChI=1S/C19H26F2N4O2/c1-19(2,26)18-13-7-25(8-16(13)23-24-18)11-6-15(22)17(27-9-11)12-5-10(20)3-4-14(12)21/h3-4,11-12,15,17,26H,5-9,22H2,1-2H3,(H,23,24)/t11-,12?,15+,17-/m1/s1. The minimum absolute atomic E-state index is 0.000258. The molecule has 4 atom stereocenters. The van der Waals surface area contributed by atoms with E-state index in [1.807, 2.05) is 0 Å². The zero-order chi connectivity index (χ0) is 19.3. The number of hydrogen-bond donors (Lipinski definition) is 3. The fourth-order valence-corrected chi connectivity index (χ4v) is 4.40. The van der Waals surface area contributed by atoms with Crippen LogP contribution in [0, 0.1) is 5.92 Å². The molecule has 0 saturated carbocycles. The van der Waals surface area contributed by atoms with Gasteiger partial charge >= 0.3 is 0 Å². The van der Waals surface area contributed by atoms with Crippen molar-refractivity contribution in [3.8, 4) is 0 Å². The number of aliphatic hydroxyl groups is 1. The van der Waals surface area contributed by atoms with E-state index in [0.717, 1.165) is 17.3 Å². The minimum Gasteiger partial charge on any atom is -0.384 e. The molecule has 0 radical (unpaired) electrons. The maximum Gasteiger partial charge on any atom is 0.106 e. The summed E-state index contributed by atoms with van der Waals surface area (Å²) < 4.78 is 33.6. The molecule has 6 nitrogen and oxygen atoms in total. The molecule has 0 amide bonds. The highest BCUT2D eigenvalue weighted by molar-refractivity contribution is 5.32. The number of halogens is 2. The zero-order valence-corrected chi connectivity index (χ0v) is 15.6. The number of nitrogens with one attached hydrogen (secondary N) is 1. The molecule has 0 aromatic carbocycles. The minimum atomic E-state index is -1.01. The third-order valence-corrected chi connectivity index (χ3v) is 5.81. The van der Waals surface area contributed by atoms with Crippen molar-refractivity contribution in [2.24, 2.45) is 11.7 Å². The molecule has 1 fully saturated rings. The normalized spacial score (nSPS) is 32.2. The van der Waals surface area contributed by atoms with Gasteiger partial charge in [-0.15, -0.1) is 0 Å². The highest BCUT2D eigenvalue weighted by Gasteiger charge is 2.41. The molecule has 2 aliphatic heterocycles. The van der Waals surface area contributed by atoms with Gasteiger partial charge in [0, 0.05) is 43.1 Å². The van der Waals surface area contributed by atoms with E-state index >= 15 is 0 Å². The SMILES string of the molecule is CC(C)(O)c1n[nH]c2c1CN([C@H]1CO[C@H](C3CC(F)=CC=C3F)[C@@H](N)C1)C2. The second kappa shape index (κ2) is 6.77. The lowest BCUT2D eigenvalue weighted by Gasteiger charge is -2.41. The summed E-state index contributed by atoms with van der Waals surface area (Å²) in [6.07, 6.45) is 2.46. The van der Waals surface area contributed by atoms with E-state index in [9.17, 15) is 13.9 Å². The van der Waals surface area contributed by atoms with Crippen molar-refractivity contribution in [1.29, 1.82) is 0 Å². The van der Waals surface area contributed by atoms with Crippen LogP contribution in [0.15, 0.2) is 23.8 Å². The number of aromatic nitrogens is 2. The predicted octanol–water partition coefficient (Wildman–Crippen LogP) is 2.16. The highest BCUT2D eigenvalue weighted by atomic mass is 19.1. The van der Waals surface area contributed by atoms with Crippen LogP contribution in [0.3, 0.4) is 0 Å². The molecular weight excluding hydrogens is 354 g/mol. The van der Waals surface area contributed by atoms with E-state index in [-0.39, 0.29) is 30.2 Å². The topological polar surface area (TPSA) is 87.4 Å². The Morgan fingerprint density at radius 2 is 2.11 bits per heavy atom. The number of fused-ring (bicyclic) bond motifs is 1. The number of nitrogens with zero attached hydrogens (tertiary/aromatic N) is 2. The maximum atomic E-state index is 14.1. The van der Waals surface area contributed by atoms with Crippen molar-refractivity contribution < 1.29 is 18.6 Å². The van der Waals surface area contributed by atoms with Crippen molar-refractivity contribution in [2.45, 2.75) is 63.6 Å². The number of allylic oxidation sites excluding steroid dienone is 3. The van der Waals surface area contributed by atoms with E-state index in [4.69, 9.17) is 10.5 Å². The number of aromatic amines is 1. The number of rotatable bonds is 3. The second-order valence-corrected chi connectivity index (χ2v) is 8.32. The Labute approximate surface area is 157 Å². The van der Waals surface area contributed by atoms with Gasteiger partial charge in [-0.3, -0.25) is 10.00 Å². The first kappa shape index (κ1) is 18.7. The average Bonchev–Trinajstić information content (AvgIpc) is 3.16. The third-order valence-electron chi connectivity index (χ3n) is 5.81. The lowest BCUT2D eigenvalue weighted by atomic mass is 9.85. The van der Waals surface area contributed by atoms with Gasteiger partial charge in [0.15, 0.2) is 0 Å². The van der Waals surface area contributed by atoms with Gasteiger partial charge in [-0.05, 0) is 32.4 Å². The van der Waals surface area contributed by atoms with Crippen LogP contribution in [0.4, 0.5) is 8.78 Å². The molecule has 1 unspecified atom stereocenters. The smallest absolute Gasteiger partial charge is 0.106 e. The van der Waals surface area contributed by atoms with E-state index in [0.29, 0.717) is 31.8 Å². The van der Waals surface area contributed by atoms with Gasteiger partial charge < -0.3 is 15.6 Å². The Balaban J connectivity index is 1.42. The zero-order valence-electron chi connectivity index (χ0n) is 15.6. The molecule has 4 rings (SSSR count). The first-order chi connectivity index (χ1) is 12.7. The summed E-state index contributed by atoms with van der Waals surface area (Å²) in [7, 11) is 0. The van der Waals surface area contributed by atoms with E-state index in [1.54, 1.807) is 13.8 Å². The molecule has 1 aliphatic carbocycles. The quantitative estimate of drug-likeness (QED) is 0.748. The van der Waals surface area contributed by atoms with Gasteiger partial charge in [-0.1, -0.05) is 0 Å². The number of ether oxygens (including phenoxy) is 1. The van der Waals surface area contributed by atoms with Gasteiger partial charge in [0.2, 0.25) is 0 Å². The fourth-order valence-electron chi connectivity index (χ4n) is 4.40. The Morgan fingerprint density at radius 3 is 2.81 bits per heavy atom. The number of nitrogens with two attached hydrogens (primary N) is 1. The predicted molar refractivity (Wildman–Crippen MR) is 95.7 cm³/mol. The van der Waals surface area contributed by atoms with Crippen molar-refractivity contribution in [1.82, 2.24) is 15.1 Å². The van der Waals surface area contributed by atoms with Crippen molar-refractivity contribution in [3.63, 3.8) is 0 Å². The first-order valence-corrected chi connectivity index (χ1v) is 9.36. The van der Waals surface area contributed by atoms with Crippen LogP contribution in [-0.2, 0) is 23.4 Å². The van der Waals surface area contributed by atoms with Crippen LogP contribution >= 0.6 is 0 Å². The van der Waals surface area contributed by atoms with Gasteiger partial charge in [-0.25, -0.2) is 8.78 Å². The van der Waals surface area contributed by atoms with Crippen molar-refractivity contribution >= 4 is 0 Å². The molecule has 1 saturated heterocycles. The summed E-state index contributed by atoms with van der Waals surface area (Å²) >= 11 is 0. The van der Waals surface area contributed by atoms with Gasteiger partial charge in [-0.2, -0.15) is 5.10 Å². The van der Waals surface area contributed by atoms with Gasteiger partial charge in [0.25, 0.3) is 0 Å². The van der Waals surface area contributed by atoms with Crippen LogP contribution < -0.4 is 5.73 Å².